The lowest BCUT2D eigenvalue weighted by Crippen LogP contribution is -1.96. The fourth-order valence-corrected chi connectivity index (χ4v) is 1.77. The zero-order chi connectivity index (χ0) is 15.9. The van der Waals surface area contributed by atoms with Crippen LogP contribution in [0.2, 0.25) is 0 Å². The summed E-state index contributed by atoms with van der Waals surface area (Å²) in [5, 5.41) is 12.9. The van der Waals surface area contributed by atoms with Gasteiger partial charge in [0.05, 0.1) is 31.7 Å². The number of anilines is 1. The van der Waals surface area contributed by atoms with Crippen molar-refractivity contribution in [2.75, 3.05) is 19.6 Å². The van der Waals surface area contributed by atoms with Gasteiger partial charge in [-0.3, -0.25) is 5.43 Å². The van der Waals surface area contributed by atoms with Gasteiger partial charge in [-0.15, -0.1) is 0 Å². The normalized spacial score (nSPS) is 10.5. The van der Waals surface area contributed by atoms with Crippen molar-refractivity contribution in [2.45, 2.75) is 0 Å². The molecule has 0 radical (unpaired) electrons. The summed E-state index contributed by atoms with van der Waals surface area (Å²) in [5.74, 6) is 0.386. The molecule has 2 aromatic rings. The zero-order valence-electron chi connectivity index (χ0n) is 12.2. The monoisotopic (exact) mass is 300 g/mol. The molecule has 0 spiro atoms. The maximum absolute atomic E-state index is 10.8. The van der Waals surface area contributed by atoms with Crippen LogP contribution >= 0.6 is 0 Å². The molecular formula is C16H16N2O4. The standard InChI is InChI=1S/C16H16N2O4/c1-21-14-7-11(8-15(9-14)22-2)10-17-18-13-5-3-12(4-6-13)16(19)20/h3-10,18H,1-2H3,(H,19,20)/b17-10-. The first-order valence-corrected chi connectivity index (χ1v) is 6.48. The molecule has 2 rings (SSSR count). The fourth-order valence-electron chi connectivity index (χ4n) is 1.77. The minimum atomic E-state index is -0.960. The molecule has 6 nitrogen and oxygen atoms in total. The first-order valence-electron chi connectivity index (χ1n) is 6.48. The molecule has 0 aliphatic rings. The van der Waals surface area contributed by atoms with E-state index in [1.54, 1.807) is 38.6 Å². The van der Waals surface area contributed by atoms with E-state index in [-0.39, 0.29) is 5.56 Å². The molecule has 114 valence electrons. The molecule has 0 atom stereocenters. The summed E-state index contributed by atoms with van der Waals surface area (Å²) in [6.45, 7) is 0. The molecule has 0 heterocycles. The smallest absolute Gasteiger partial charge is 0.335 e. The maximum Gasteiger partial charge on any atom is 0.335 e. The quantitative estimate of drug-likeness (QED) is 0.633. The molecule has 2 N–H and O–H groups in total. The summed E-state index contributed by atoms with van der Waals surface area (Å²) < 4.78 is 10.4. The van der Waals surface area contributed by atoms with Crippen molar-refractivity contribution in [3.8, 4) is 11.5 Å². The number of carbonyl (C=O) groups is 1. The van der Waals surface area contributed by atoms with Crippen molar-refractivity contribution < 1.29 is 19.4 Å². The van der Waals surface area contributed by atoms with E-state index in [0.29, 0.717) is 17.2 Å². The number of methoxy groups -OCH3 is 2. The highest BCUT2D eigenvalue weighted by Gasteiger charge is 2.01. The first kappa shape index (κ1) is 15.4. The van der Waals surface area contributed by atoms with Crippen molar-refractivity contribution in [2.24, 2.45) is 5.10 Å². The number of carboxylic acids is 1. The molecule has 0 aromatic heterocycles. The average Bonchev–Trinajstić information content (AvgIpc) is 2.55. The van der Waals surface area contributed by atoms with Crippen molar-refractivity contribution in [1.82, 2.24) is 0 Å². The van der Waals surface area contributed by atoms with Crippen LogP contribution in [0, 0.1) is 0 Å². The van der Waals surface area contributed by atoms with Crippen LogP contribution in [-0.4, -0.2) is 31.5 Å². The highest BCUT2D eigenvalue weighted by Crippen LogP contribution is 2.21. The van der Waals surface area contributed by atoms with Crippen LogP contribution in [-0.2, 0) is 0 Å². The third kappa shape index (κ3) is 3.99. The van der Waals surface area contributed by atoms with Crippen molar-refractivity contribution >= 4 is 17.9 Å². The number of hydrazone groups is 1. The van der Waals surface area contributed by atoms with Crippen molar-refractivity contribution in [1.29, 1.82) is 0 Å². The van der Waals surface area contributed by atoms with E-state index in [2.05, 4.69) is 10.5 Å². The predicted molar refractivity (Wildman–Crippen MR) is 84.2 cm³/mol. The predicted octanol–water partition coefficient (Wildman–Crippen LogP) is 2.85. The van der Waals surface area contributed by atoms with Gasteiger partial charge in [-0.25, -0.2) is 4.79 Å². The Morgan fingerprint density at radius 3 is 2.18 bits per heavy atom. The van der Waals surface area contributed by atoms with Crippen LogP contribution in [0.25, 0.3) is 0 Å². The van der Waals surface area contributed by atoms with Gasteiger partial charge >= 0.3 is 5.97 Å². The summed E-state index contributed by atoms with van der Waals surface area (Å²) >= 11 is 0. The Kier molecular flexibility index (Phi) is 4.98. The average molecular weight is 300 g/mol. The molecule has 2 aromatic carbocycles. The minimum Gasteiger partial charge on any atom is -0.497 e. The van der Waals surface area contributed by atoms with E-state index in [1.807, 2.05) is 12.1 Å². The molecule has 0 saturated heterocycles. The molecule has 0 aliphatic heterocycles. The number of carboxylic acid groups (broad SMARTS) is 1. The molecule has 6 heteroatoms. The second kappa shape index (κ2) is 7.12. The van der Waals surface area contributed by atoms with E-state index in [9.17, 15) is 4.79 Å². The van der Waals surface area contributed by atoms with Crippen LogP contribution in [0.3, 0.4) is 0 Å². The minimum absolute atomic E-state index is 0.229. The number of rotatable bonds is 6. The SMILES string of the molecule is COc1cc(/C=N\Nc2ccc(C(=O)O)cc2)cc(OC)c1. The Labute approximate surface area is 128 Å². The van der Waals surface area contributed by atoms with Gasteiger partial charge in [0.15, 0.2) is 0 Å². The van der Waals surface area contributed by atoms with E-state index in [1.165, 1.54) is 12.1 Å². The number of hydrogen-bond donors (Lipinski definition) is 2. The summed E-state index contributed by atoms with van der Waals surface area (Å²) in [5.41, 5.74) is 4.56. The molecule has 0 aliphatic carbocycles. The van der Waals surface area contributed by atoms with E-state index >= 15 is 0 Å². The van der Waals surface area contributed by atoms with Gasteiger partial charge in [0.1, 0.15) is 11.5 Å². The summed E-state index contributed by atoms with van der Waals surface area (Å²) in [6.07, 6.45) is 1.62. The molecular weight excluding hydrogens is 284 g/mol. The lowest BCUT2D eigenvalue weighted by molar-refractivity contribution is 0.0697. The third-order valence-corrected chi connectivity index (χ3v) is 2.91. The number of nitrogens with one attached hydrogen (secondary N) is 1. The Hall–Kier alpha value is -3.02. The van der Waals surface area contributed by atoms with Crippen LogP contribution in [0.15, 0.2) is 47.6 Å². The molecule has 0 amide bonds. The van der Waals surface area contributed by atoms with Crippen molar-refractivity contribution in [3.05, 3.63) is 53.6 Å². The molecule has 0 unspecified atom stereocenters. The summed E-state index contributed by atoms with van der Waals surface area (Å²) in [7, 11) is 3.16. The van der Waals surface area contributed by atoms with Gasteiger partial charge in [0, 0.05) is 11.6 Å². The van der Waals surface area contributed by atoms with E-state index in [4.69, 9.17) is 14.6 Å². The first-order chi connectivity index (χ1) is 10.6. The summed E-state index contributed by atoms with van der Waals surface area (Å²) in [4.78, 5) is 10.8. The highest BCUT2D eigenvalue weighted by molar-refractivity contribution is 5.88. The van der Waals surface area contributed by atoms with Gasteiger partial charge in [-0.2, -0.15) is 5.10 Å². The second-order valence-corrected chi connectivity index (χ2v) is 4.40. The number of hydrogen-bond acceptors (Lipinski definition) is 5. The Morgan fingerprint density at radius 2 is 1.68 bits per heavy atom. The van der Waals surface area contributed by atoms with E-state index < -0.39 is 5.97 Å². The van der Waals surface area contributed by atoms with Gasteiger partial charge in [0.2, 0.25) is 0 Å². The van der Waals surface area contributed by atoms with Crippen LogP contribution < -0.4 is 14.9 Å². The maximum atomic E-state index is 10.8. The number of benzene rings is 2. The highest BCUT2D eigenvalue weighted by atomic mass is 16.5. The summed E-state index contributed by atoms with van der Waals surface area (Å²) in [6, 6.07) is 11.7. The van der Waals surface area contributed by atoms with Gasteiger partial charge in [0.25, 0.3) is 0 Å². The molecule has 22 heavy (non-hydrogen) atoms. The fraction of sp³-hybridized carbons (Fsp3) is 0.125. The number of ether oxygens (including phenoxy) is 2. The molecule has 0 bridgehead atoms. The van der Waals surface area contributed by atoms with Crippen LogP contribution in [0.1, 0.15) is 15.9 Å². The topological polar surface area (TPSA) is 80.2 Å². The lowest BCUT2D eigenvalue weighted by Gasteiger charge is -2.05. The Morgan fingerprint density at radius 1 is 1.09 bits per heavy atom. The van der Waals surface area contributed by atoms with E-state index in [0.717, 1.165) is 5.56 Å². The van der Waals surface area contributed by atoms with Gasteiger partial charge in [-0.1, -0.05) is 0 Å². The molecule has 0 saturated carbocycles. The van der Waals surface area contributed by atoms with Gasteiger partial charge in [-0.05, 0) is 36.4 Å². The Balaban J connectivity index is 2.07. The lowest BCUT2D eigenvalue weighted by atomic mass is 10.2. The second-order valence-electron chi connectivity index (χ2n) is 4.40. The number of nitrogens with zero attached hydrogens (tertiary/aromatic N) is 1. The third-order valence-electron chi connectivity index (χ3n) is 2.91. The zero-order valence-corrected chi connectivity index (χ0v) is 12.2. The Bertz CT molecular complexity index is 659. The van der Waals surface area contributed by atoms with Gasteiger partial charge < -0.3 is 14.6 Å². The van der Waals surface area contributed by atoms with Crippen molar-refractivity contribution in [3.63, 3.8) is 0 Å². The largest absolute Gasteiger partial charge is 0.497 e. The van der Waals surface area contributed by atoms with Crippen LogP contribution in [0.4, 0.5) is 5.69 Å². The van der Waals surface area contributed by atoms with Crippen LogP contribution in [0.5, 0.6) is 11.5 Å². The number of aromatic carboxylic acids is 1. The molecule has 0 fully saturated rings.